The van der Waals surface area contributed by atoms with Gasteiger partial charge < -0.3 is 9.47 Å². The second-order valence-electron chi connectivity index (χ2n) is 8.07. The Morgan fingerprint density at radius 2 is 1.97 bits per heavy atom. The number of likely N-dealkylation sites (tertiary alicyclic amines) is 1. The molecule has 0 unspecified atom stereocenters. The van der Waals surface area contributed by atoms with Crippen molar-refractivity contribution >= 4 is 28.8 Å². The minimum atomic E-state index is -4.55. The van der Waals surface area contributed by atoms with Crippen molar-refractivity contribution in [2.45, 2.75) is 32.0 Å². The highest BCUT2D eigenvalue weighted by Gasteiger charge is 2.31. The summed E-state index contributed by atoms with van der Waals surface area (Å²) in [6.45, 7) is 6.50. The molecule has 0 aliphatic carbocycles. The highest BCUT2D eigenvalue weighted by molar-refractivity contribution is 6.04. The third-order valence-electron chi connectivity index (χ3n) is 5.84. The summed E-state index contributed by atoms with van der Waals surface area (Å²) >= 11 is 0. The van der Waals surface area contributed by atoms with Gasteiger partial charge in [0.25, 0.3) is 5.91 Å². The van der Waals surface area contributed by atoms with Crippen LogP contribution in [0.1, 0.15) is 40.4 Å². The minimum absolute atomic E-state index is 0.118. The Bertz CT molecular complexity index is 1230. The molecule has 33 heavy (non-hydrogen) atoms. The van der Waals surface area contributed by atoms with Gasteiger partial charge in [0.05, 0.1) is 22.6 Å². The van der Waals surface area contributed by atoms with Crippen molar-refractivity contribution in [3.63, 3.8) is 0 Å². The number of benzene rings is 2. The second-order valence-corrected chi connectivity index (χ2v) is 8.07. The summed E-state index contributed by atoms with van der Waals surface area (Å²) in [7, 11) is 0. The maximum atomic E-state index is 13.1. The number of aromatic nitrogens is 2. The number of nitrogens with zero attached hydrogens (tertiary/aromatic N) is 3. The van der Waals surface area contributed by atoms with Gasteiger partial charge in [-0.2, -0.15) is 13.2 Å². The normalized spacial score (nSPS) is 16.6. The van der Waals surface area contributed by atoms with Crippen LogP contribution in [0, 0.1) is 6.92 Å². The van der Waals surface area contributed by atoms with E-state index in [1.165, 1.54) is 18.2 Å². The molecule has 1 aliphatic rings. The maximum absolute atomic E-state index is 13.1. The summed E-state index contributed by atoms with van der Waals surface area (Å²) in [6, 6.07) is 9.69. The zero-order valence-electron chi connectivity index (χ0n) is 18.0. The van der Waals surface area contributed by atoms with Crippen LogP contribution in [-0.2, 0) is 11.0 Å². The Labute approximate surface area is 188 Å². The van der Waals surface area contributed by atoms with Gasteiger partial charge in [0.15, 0.2) is 0 Å². The topological polar surface area (TPSA) is 67.2 Å². The van der Waals surface area contributed by atoms with Crippen LogP contribution < -0.4 is 5.32 Å². The average molecular weight is 456 g/mol. The summed E-state index contributed by atoms with van der Waals surface area (Å²) < 4.78 is 41.2. The lowest BCUT2D eigenvalue weighted by molar-refractivity contribution is -0.137. The molecule has 2 aromatic carbocycles. The summed E-state index contributed by atoms with van der Waals surface area (Å²) in [5.74, 6) is -0.625. The number of imidazole rings is 1. The van der Waals surface area contributed by atoms with Gasteiger partial charge in [-0.15, -0.1) is 0 Å². The van der Waals surface area contributed by atoms with E-state index in [0.717, 1.165) is 36.1 Å². The molecule has 1 aromatic heterocycles. The standard InChI is InChI=1S/C24H23F3N4O2/c1-3-20(32)30-12-6-10-18(14-30)31-21-15(2)7-4-11-19(21)28-23(31)29-22(33)16-8-5-9-17(13-16)24(25,26)27/h3-5,7-9,11,13,18H,1,6,10,12,14H2,2H3,(H,28,29,33)/t18-/m1/s1. The molecule has 2 amide bonds. The van der Waals surface area contributed by atoms with Crippen LogP contribution in [0.3, 0.4) is 0 Å². The molecule has 1 N–H and O–H groups in total. The fourth-order valence-electron chi connectivity index (χ4n) is 4.27. The van der Waals surface area contributed by atoms with Crippen molar-refractivity contribution in [2.75, 3.05) is 18.4 Å². The van der Waals surface area contributed by atoms with E-state index in [1.54, 1.807) is 4.90 Å². The van der Waals surface area contributed by atoms with Gasteiger partial charge in [-0.05, 0) is 55.7 Å². The summed E-state index contributed by atoms with van der Waals surface area (Å²) in [4.78, 5) is 31.4. The second kappa shape index (κ2) is 8.73. The van der Waals surface area contributed by atoms with Crippen molar-refractivity contribution in [1.29, 1.82) is 0 Å². The Balaban J connectivity index is 1.73. The quantitative estimate of drug-likeness (QED) is 0.564. The fourth-order valence-corrected chi connectivity index (χ4v) is 4.27. The van der Waals surface area contributed by atoms with Gasteiger partial charge in [-0.25, -0.2) is 4.98 Å². The van der Waals surface area contributed by atoms with Crippen LogP contribution in [0.25, 0.3) is 11.0 Å². The molecule has 1 fully saturated rings. The van der Waals surface area contributed by atoms with Crippen LogP contribution in [0.5, 0.6) is 0 Å². The van der Waals surface area contributed by atoms with E-state index in [4.69, 9.17) is 0 Å². The van der Waals surface area contributed by atoms with E-state index in [9.17, 15) is 22.8 Å². The number of aryl methyl sites for hydroxylation is 1. The predicted molar refractivity (Wildman–Crippen MR) is 119 cm³/mol. The maximum Gasteiger partial charge on any atom is 0.416 e. The van der Waals surface area contributed by atoms with Crippen molar-refractivity contribution < 1.29 is 22.8 Å². The monoisotopic (exact) mass is 456 g/mol. The number of alkyl halides is 3. The third-order valence-corrected chi connectivity index (χ3v) is 5.84. The van der Waals surface area contributed by atoms with Crippen molar-refractivity contribution in [3.8, 4) is 0 Å². The number of nitrogens with one attached hydrogen (secondary N) is 1. The predicted octanol–water partition coefficient (Wildman–Crippen LogP) is 4.97. The molecule has 0 spiro atoms. The molecular weight excluding hydrogens is 433 g/mol. The molecule has 6 nitrogen and oxygen atoms in total. The number of carbonyl (C=O) groups excluding carboxylic acids is 2. The van der Waals surface area contributed by atoms with Crippen LogP contribution in [0.4, 0.5) is 19.1 Å². The lowest BCUT2D eigenvalue weighted by Gasteiger charge is -2.34. The lowest BCUT2D eigenvalue weighted by Crippen LogP contribution is -2.40. The molecule has 0 saturated carbocycles. The SMILES string of the molecule is C=CC(=O)N1CCC[C@@H](n2c(NC(=O)c3cccc(C(F)(F)F)c3)nc3cccc(C)c32)C1. The molecule has 1 saturated heterocycles. The van der Waals surface area contributed by atoms with Crippen molar-refractivity contribution in [2.24, 2.45) is 0 Å². The first-order chi connectivity index (χ1) is 15.7. The molecule has 172 valence electrons. The van der Waals surface area contributed by atoms with Crippen LogP contribution in [0.2, 0.25) is 0 Å². The molecule has 4 rings (SSSR count). The number of hydrogen-bond acceptors (Lipinski definition) is 3. The number of anilines is 1. The highest BCUT2D eigenvalue weighted by atomic mass is 19.4. The molecule has 1 atom stereocenters. The van der Waals surface area contributed by atoms with E-state index in [1.807, 2.05) is 29.7 Å². The summed E-state index contributed by atoms with van der Waals surface area (Å²) in [5.41, 5.74) is 1.39. The molecular formula is C24H23F3N4O2. The van der Waals surface area contributed by atoms with Gasteiger partial charge in [0, 0.05) is 18.7 Å². The van der Waals surface area contributed by atoms with E-state index < -0.39 is 17.6 Å². The smallest absolute Gasteiger partial charge is 0.337 e. The van der Waals surface area contributed by atoms with Crippen molar-refractivity contribution in [3.05, 3.63) is 71.8 Å². The number of carbonyl (C=O) groups is 2. The zero-order chi connectivity index (χ0) is 23.8. The zero-order valence-corrected chi connectivity index (χ0v) is 18.0. The van der Waals surface area contributed by atoms with Gasteiger partial charge >= 0.3 is 6.18 Å². The van der Waals surface area contributed by atoms with E-state index in [-0.39, 0.29) is 23.5 Å². The van der Waals surface area contributed by atoms with Crippen molar-refractivity contribution in [1.82, 2.24) is 14.5 Å². The number of para-hydroxylation sites is 1. The number of piperidine rings is 1. The van der Waals surface area contributed by atoms with Gasteiger partial charge in [-0.3, -0.25) is 14.9 Å². The number of halogens is 3. The number of hydrogen-bond donors (Lipinski definition) is 1. The summed E-state index contributed by atoms with van der Waals surface area (Å²) in [6.07, 6.45) is -1.76. The number of fused-ring (bicyclic) bond motifs is 1. The molecule has 3 aromatic rings. The Morgan fingerprint density at radius 1 is 1.21 bits per heavy atom. The fraction of sp³-hybridized carbons (Fsp3) is 0.292. The van der Waals surface area contributed by atoms with Crippen LogP contribution >= 0.6 is 0 Å². The van der Waals surface area contributed by atoms with Gasteiger partial charge in [0.1, 0.15) is 0 Å². The summed E-state index contributed by atoms with van der Waals surface area (Å²) in [5, 5.41) is 2.70. The Kier molecular flexibility index (Phi) is 5.97. The number of amides is 2. The average Bonchev–Trinajstić information content (AvgIpc) is 3.17. The molecule has 1 aliphatic heterocycles. The minimum Gasteiger partial charge on any atom is -0.337 e. The highest BCUT2D eigenvalue weighted by Crippen LogP contribution is 2.33. The first kappa shape index (κ1) is 22.6. The first-order valence-corrected chi connectivity index (χ1v) is 10.6. The lowest BCUT2D eigenvalue weighted by atomic mass is 10.0. The molecule has 0 radical (unpaired) electrons. The third kappa shape index (κ3) is 4.48. The van der Waals surface area contributed by atoms with Gasteiger partial charge in [-0.1, -0.05) is 24.8 Å². The first-order valence-electron chi connectivity index (χ1n) is 10.6. The van der Waals surface area contributed by atoms with E-state index >= 15 is 0 Å². The largest absolute Gasteiger partial charge is 0.416 e. The molecule has 2 heterocycles. The van der Waals surface area contributed by atoms with Crippen LogP contribution in [0.15, 0.2) is 55.1 Å². The van der Waals surface area contributed by atoms with E-state index in [0.29, 0.717) is 18.6 Å². The molecule has 9 heteroatoms. The Morgan fingerprint density at radius 3 is 2.70 bits per heavy atom. The molecule has 0 bridgehead atoms. The Hall–Kier alpha value is -3.62. The van der Waals surface area contributed by atoms with E-state index in [2.05, 4.69) is 16.9 Å². The van der Waals surface area contributed by atoms with Crippen LogP contribution in [-0.4, -0.2) is 39.4 Å². The number of rotatable bonds is 4. The van der Waals surface area contributed by atoms with Gasteiger partial charge in [0.2, 0.25) is 11.9 Å².